The molecule has 0 aliphatic carbocycles. The average molecular weight is 458 g/mol. The van der Waals surface area contributed by atoms with E-state index in [9.17, 15) is 14.4 Å². The summed E-state index contributed by atoms with van der Waals surface area (Å²) in [7, 11) is 0. The van der Waals surface area contributed by atoms with Crippen molar-refractivity contribution in [2.75, 3.05) is 32.7 Å². The summed E-state index contributed by atoms with van der Waals surface area (Å²) >= 11 is 0. The molecular weight excluding hydrogens is 426 g/mol. The Hall–Kier alpha value is -3.21. The number of nitrogens with zero attached hydrogens (tertiary/aromatic N) is 5. The number of aromatic nitrogens is 4. The van der Waals surface area contributed by atoms with Crippen LogP contribution in [0.2, 0.25) is 0 Å². The van der Waals surface area contributed by atoms with Crippen molar-refractivity contribution in [2.45, 2.75) is 52.2 Å². The van der Waals surface area contributed by atoms with Gasteiger partial charge in [-0.15, -0.1) is 5.10 Å². The number of piperazine rings is 1. The van der Waals surface area contributed by atoms with E-state index in [1.165, 1.54) is 16.7 Å². The lowest BCUT2D eigenvalue weighted by Crippen LogP contribution is -2.52. The Kier molecular flexibility index (Phi) is 6.24. The highest BCUT2D eigenvalue weighted by Crippen LogP contribution is 2.25. The van der Waals surface area contributed by atoms with E-state index in [0.717, 1.165) is 19.5 Å². The van der Waals surface area contributed by atoms with Crippen molar-refractivity contribution in [2.24, 2.45) is 0 Å². The number of hydrogen-bond donors (Lipinski definition) is 2. The first kappa shape index (κ1) is 23.0. The summed E-state index contributed by atoms with van der Waals surface area (Å²) < 4.78 is 6.79. The zero-order valence-corrected chi connectivity index (χ0v) is 19.6. The molecule has 2 fully saturated rings. The molecule has 4 rings (SSSR count). The molecule has 0 saturated carbocycles. The third kappa shape index (κ3) is 4.77. The SMILES string of the molecule is CCc1[nH]c2nc(/C=C/C(=O)N3CCC3)nn2c(=O)c1C1CNCCN1C(=O)OC(C)(C)C. The Balaban J connectivity index is 1.69. The molecular formula is C22H31N7O4. The summed E-state index contributed by atoms with van der Waals surface area (Å²) in [5.74, 6) is 0.467. The third-order valence-electron chi connectivity index (χ3n) is 5.74. The van der Waals surface area contributed by atoms with Crippen molar-refractivity contribution in [3.63, 3.8) is 0 Å². The molecule has 0 bridgehead atoms. The van der Waals surface area contributed by atoms with Gasteiger partial charge in [-0.3, -0.25) is 14.5 Å². The number of aromatic amines is 1. The fourth-order valence-electron chi connectivity index (χ4n) is 3.98. The molecule has 2 aromatic heterocycles. The predicted octanol–water partition coefficient (Wildman–Crippen LogP) is 1.11. The van der Waals surface area contributed by atoms with Crippen molar-refractivity contribution in [3.05, 3.63) is 33.5 Å². The lowest BCUT2D eigenvalue weighted by atomic mass is 10.0. The van der Waals surface area contributed by atoms with Crippen LogP contribution >= 0.6 is 0 Å². The van der Waals surface area contributed by atoms with Crippen LogP contribution < -0.4 is 10.9 Å². The highest BCUT2D eigenvalue weighted by Gasteiger charge is 2.35. The number of carbonyl (C=O) groups excluding carboxylic acids is 2. The normalized spacial score (nSPS) is 19.2. The van der Waals surface area contributed by atoms with Crippen LogP contribution in [-0.4, -0.2) is 79.7 Å². The maximum atomic E-state index is 13.5. The van der Waals surface area contributed by atoms with Crippen molar-refractivity contribution in [1.29, 1.82) is 0 Å². The molecule has 2 amide bonds. The Morgan fingerprint density at radius 1 is 1.24 bits per heavy atom. The van der Waals surface area contributed by atoms with Crippen molar-refractivity contribution in [3.8, 4) is 0 Å². The summed E-state index contributed by atoms with van der Waals surface area (Å²) in [5, 5.41) is 7.56. The number of rotatable bonds is 4. The van der Waals surface area contributed by atoms with Crippen LogP contribution in [0.1, 0.15) is 57.2 Å². The molecule has 11 heteroatoms. The summed E-state index contributed by atoms with van der Waals surface area (Å²) in [6.07, 6.45) is 4.05. The number of fused-ring (bicyclic) bond motifs is 1. The number of nitrogens with one attached hydrogen (secondary N) is 2. The number of aryl methyl sites for hydroxylation is 1. The molecule has 2 aromatic rings. The summed E-state index contributed by atoms with van der Waals surface area (Å²) in [5.41, 5.74) is 0.162. The second kappa shape index (κ2) is 8.97. The van der Waals surface area contributed by atoms with Crippen LogP contribution in [0.3, 0.4) is 0 Å². The molecule has 1 atom stereocenters. The molecule has 2 aliphatic rings. The van der Waals surface area contributed by atoms with E-state index in [4.69, 9.17) is 4.74 Å². The molecule has 2 N–H and O–H groups in total. The molecule has 0 radical (unpaired) electrons. The molecule has 4 heterocycles. The van der Waals surface area contributed by atoms with Gasteiger partial charge in [-0.05, 0) is 39.7 Å². The van der Waals surface area contributed by atoms with Gasteiger partial charge in [0.25, 0.3) is 5.56 Å². The Labute approximate surface area is 191 Å². The largest absolute Gasteiger partial charge is 0.444 e. The minimum absolute atomic E-state index is 0.0948. The highest BCUT2D eigenvalue weighted by molar-refractivity contribution is 5.91. The van der Waals surface area contributed by atoms with Gasteiger partial charge in [-0.2, -0.15) is 9.50 Å². The van der Waals surface area contributed by atoms with Crippen molar-refractivity contribution in [1.82, 2.24) is 34.7 Å². The third-order valence-corrected chi connectivity index (χ3v) is 5.74. The molecule has 2 aliphatic heterocycles. The van der Waals surface area contributed by atoms with E-state index >= 15 is 0 Å². The number of ether oxygens (including phenoxy) is 1. The molecule has 0 aromatic carbocycles. The molecule has 11 nitrogen and oxygen atoms in total. The van der Waals surface area contributed by atoms with E-state index in [2.05, 4.69) is 20.4 Å². The number of likely N-dealkylation sites (tertiary alicyclic amines) is 1. The van der Waals surface area contributed by atoms with Gasteiger partial charge < -0.3 is 19.9 Å². The average Bonchev–Trinajstić information content (AvgIpc) is 3.13. The maximum Gasteiger partial charge on any atom is 0.410 e. The van der Waals surface area contributed by atoms with Crippen LogP contribution in [0, 0.1) is 0 Å². The van der Waals surface area contributed by atoms with E-state index in [-0.39, 0.29) is 17.3 Å². The summed E-state index contributed by atoms with van der Waals surface area (Å²) in [6.45, 7) is 10.3. The number of amides is 2. The van der Waals surface area contributed by atoms with Gasteiger partial charge in [0.15, 0.2) is 5.82 Å². The number of carbonyl (C=O) groups is 2. The van der Waals surface area contributed by atoms with Crippen LogP contribution in [0.25, 0.3) is 11.9 Å². The minimum Gasteiger partial charge on any atom is -0.444 e. The summed E-state index contributed by atoms with van der Waals surface area (Å²) in [4.78, 5) is 49.4. The first-order valence-electron chi connectivity index (χ1n) is 11.4. The van der Waals surface area contributed by atoms with Crippen LogP contribution in [-0.2, 0) is 16.0 Å². The maximum absolute atomic E-state index is 13.5. The lowest BCUT2D eigenvalue weighted by Gasteiger charge is -2.37. The zero-order valence-electron chi connectivity index (χ0n) is 19.6. The molecule has 1 unspecified atom stereocenters. The van der Waals surface area contributed by atoms with Crippen LogP contribution in [0.4, 0.5) is 4.79 Å². The van der Waals surface area contributed by atoms with Gasteiger partial charge in [0.1, 0.15) is 5.60 Å². The lowest BCUT2D eigenvalue weighted by molar-refractivity contribution is -0.129. The van der Waals surface area contributed by atoms with Crippen molar-refractivity contribution >= 4 is 23.9 Å². The van der Waals surface area contributed by atoms with Gasteiger partial charge in [0.2, 0.25) is 11.7 Å². The van der Waals surface area contributed by atoms with E-state index in [0.29, 0.717) is 43.1 Å². The second-order valence-electron chi connectivity index (χ2n) is 9.29. The first-order valence-corrected chi connectivity index (χ1v) is 11.4. The minimum atomic E-state index is -0.642. The van der Waals surface area contributed by atoms with Gasteiger partial charge >= 0.3 is 6.09 Å². The topological polar surface area (TPSA) is 125 Å². The quantitative estimate of drug-likeness (QED) is 0.659. The highest BCUT2D eigenvalue weighted by atomic mass is 16.6. The van der Waals surface area contributed by atoms with Crippen LogP contribution in [0.15, 0.2) is 10.9 Å². The Morgan fingerprint density at radius 3 is 2.64 bits per heavy atom. The molecule has 2 saturated heterocycles. The Bertz CT molecular complexity index is 1140. The van der Waals surface area contributed by atoms with Crippen LogP contribution in [0.5, 0.6) is 0 Å². The fraction of sp³-hybridized carbons (Fsp3) is 0.591. The smallest absolute Gasteiger partial charge is 0.410 e. The monoisotopic (exact) mass is 457 g/mol. The van der Waals surface area contributed by atoms with Gasteiger partial charge in [-0.25, -0.2) is 4.79 Å². The number of H-pyrrole nitrogens is 1. The predicted molar refractivity (Wildman–Crippen MR) is 122 cm³/mol. The second-order valence-corrected chi connectivity index (χ2v) is 9.29. The standard InChI is InChI=1S/C22H31N7O4/c1-5-14-18(15-13-23-9-12-28(15)21(32)33-22(2,3)4)19(31)29-20(24-14)25-16(26-29)7-8-17(30)27-10-6-11-27/h7-8,15,23H,5-6,9-13H2,1-4H3,(H,24,25,26)/b8-7+. The van der Waals surface area contributed by atoms with E-state index < -0.39 is 17.7 Å². The Morgan fingerprint density at radius 2 is 2.00 bits per heavy atom. The summed E-state index contributed by atoms with van der Waals surface area (Å²) in [6, 6.07) is -0.507. The van der Waals surface area contributed by atoms with Gasteiger partial charge in [0, 0.05) is 44.5 Å². The van der Waals surface area contributed by atoms with E-state index in [1.807, 2.05) is 27.7 Å². The zero-order chi connectivity index (χ0) is 23.8. The van der Waals surface area contributed by atoms with Gasteiger partial charge in [-0.1, -0.05) is 6.92 Å². The van der Waals surface area contributed by atoms with Gasteiger partial charge in [0.05, 0.1) is 11.6 Å². The van der Waals surface area contributed by atoms with Crippen molar-refractivity contribution < 1.29 is 14.3 Å². The molecule has 33 heavy (non-hydrogen) atoms. The fourth-order valence-corrected chi connectivity index (χ4v) is 3.98. The number of hydrogen-bond acceptors (Lipinski definition) is 7. The molecule has 0 spiro atoms. The van der Waals surface area contributed by atoms with E-state index in [1.54, 1.807) is 9.80 Å². The first-order chi connectivity index (χ1) is 15.7. The molecule has 178 valence electrons.